The number of hydrogen-bond donors (Lipinski definition) is 0. The zero-order valence-electron chi connectivity index (χ0n) is 47.5. The lowest BCUT2D eigenvalue weighted by Gasteiger charge is -2.13. The lowest BCUT2D eigenvalue weighted by Crippen LogP contribution is -2.14. The third-order valence-corrected chi connectivity index (χ3v) is 13.3. The molecule has 14 heteroatoms. The molecule has 0 fully saturated rings. The molecule has 0 amide bonds. The monoisotopic (exact) mass is 1110 g/mol. The molecule has 0 unspecified atom stereocenters. The first-order valence-corrected chi connectivity index (χ1v) is 29.1. The van der Waals surface area contributed by atoms with E-state index in [4.69, 9.17) is 42.9 Å². The summed E-state index contributed by atoms with van der Waals surface area (Å²) in [5, 5.41) is 0. The number of nitrogens with zero attached hydrogens (tertiary/aromatic N) is 1. The van der Waals surface area contributed by atoms with Gasteiger partial charge >= 0.3 is 29.8 Å². The van der Waals surface area contributed by atoms with Crippen LogP contribution in [0.1, 0.15) is 178 Å². The van der Waals surface area contributed by atoms with Crippen molar-refractivity contribution in [2.75, 3.05) is 39.6 Å². The Morgan fingerprint density at radius 3 is 1.31 bits per heavy atom. The molecule has 0 N–H and O–H groups in total. The number of aryl methyl sites for hydroxylation is 1. The largest absolute Gasteiger partial charge is 0.494 e. The maximum absolute atomic E-state index is 13.7. The van der Waals surface area contributed by atoms with Crippen molar-refractivity contribution >= 4 is 29.8 Å². The van der Waals surface area contributed by atoms with Crippen molar-refractivity contribution in [2.45, 2.75) is 148 Å². The second-order valence-corrected chi connectivity index (χ2v) is 19.8. The fourth-order valence-electron chi connectivity index (χ4n) is 8.57. The molecule has 0 saturated carbocycles. The first kappa shape index (κ1) is 64.1. The molecule has 81 heavy (non-hydrogen) atoms. The zero-order chi connectivity index (χ0) is 57.5. The molecule has 434 valence electrons. The Hall–Kier alpha value is -7.74. The smallest absolute Gasteiger partial charge is 0.343 e. The fraction of sp³-hybridized carbons (Fsp3) is 0.433. The number of carbonyl (C=O) groups excluding carboxylic acids is 5. The summed E-state index contributed by atoms with van der Waals surface area (Å²) in [6.45, 7) is 11.5. The Morgan fingerprint density at radius 1 is 0.420 bits per heavy atom. The summed E-state index contributed by atoms with van der Waals surface area (Å²) in [5.41, 5.74) is 3.75. The van der Waals surface area contributed by atoms with E-state index in [0.717, 1.165) is 125 Å². The van der Waals surface area contributed by atoms with Gasteiger partial charge in [0.15, 0.2) is 0 Å². The molecule has 0 radical (unpaired) electrons. The summed E-state index contributed by atoms with van der Waals surface area (Å²) in [4.78, 5) is 67.5. The van der Waals surface area contributed by atoms with E-state index in [1.807, 2.05) is 18.3 Å². The predicted octanol–water partition coefficient (Wildman–Crippen LogP) is 15.4. The van der Waals surface area contributed by atoms with Crippen LogP contribution in [0.4, 0.5) is 0 Å². The van der Waals surface area contributed by atoms with Gasteiger partial charge in [-0.2, -0.15) is 0 Å². The number of unbranched alkanes of at least 4 members (excludes halogenated alkanes) is 17. The van der Waals surface area contributed by atoms with E-state index in [9.17, 15) is 24.0 Å². The van der Waals surface area contributed by atoms with E-state index >= 15 is 0 Å². The summed E-state index contributed by atoms with van der Waals surface area (Å²) in [5.74, 6) is -0.936. The molecule has 0 bridgehead atoms. The van der Waals surface area contributed by atoms with Crippen molar-refractivity contribution in [1.82, 2.24) is 4.98 Å². The molecule has 5 aromatic rings. The zero-order valence-corrected chi connectivity index (χ0v) is 47.5. The molecule has 1 aromatic heterocycles. The van der Waals surface area contributed by atoms with Crippen LogP contribution in [-0.4, -0.2) is 74.5 Å². The predicted molar refractivity (Wildman–Crippen MR) is 314 cm³/mol. The number of benzene rings is 4. The molecular weight excluding hydrogens is 1030 g/mol. The van der Waals surface area contributed by atoms with Gasteiger partial charge in [0.25, 0.3) is 0 Å². The minimum Gasteiger partial charge on any atom is -0.494 e. The van der Waals surface area contributed by atoms with E-state index in [1.165, 1.54) is 62.3 Å². The molecule has 0 atom stereocenters. The summed E-state index contributed by atoms with van der Waals surface area (Å²) in [6.07, 6.45) is 26.4. The lowest BCUT2D eigenvalue weighted by molar-refractivity contribution is -0.138. The quantitative estimate of drug-likeness (QED) is 0.0119. The third kappa shape index (κ3) is 25.9. The highest BCUT2D eigenvalue weighted by Gasteiger charge is 2.21. The number of carbonyl (C=O) groups is 5. The van der Waals surface area contributed by atoms with Crippen LogP contribution in [-0.2, 0) is 30.2 Å². The van der Waals surface area contributed by atoms with Gasteiger partial charge in [-0.25, -0.2) is 24.0 Å². The van der Waals surface area contributed by atoms with Crippen LogP contribution in [0.2, 0.25) is 0 Å². The van der Waals surface area contributed by atoms with Gasteiger partial charge in [-0.1, -0.05) is 90.4 Å². The Bertz CT molecular complexity index is 2650. The summed E-state index contributed by atoms with van der Waals surface area (Å²) >= 11 is 0. The van der Waals surface area contributed by atoms with Gasteiger partial charge in [0.1, 0.15) is 34.3 Å². The summed E-state index contributed by atoms with van der Waals surface area (Å²) in [7, 11) is 0. The van der Waals surface area contributed by atoms with Crippen molar-refractivity contribution in [3.63, 3.8) is 0 Å². The maximum Gasteiger partial charge on any atom is 0.343 e. The van der Waals surface area contributed by atoms with Crippen LogP contribution in [0.3, 0.4) is 0 Å². The molecule has 0 aliphatic carbocycles. The number of esters is 5. The van der Waals surface area contributed by atoms with Crippen LogP contribution >= 0.6 is 0 Å². The Labute approximate surface area is 479 Å². The Morgan fingerprint density at radius 2 is 0.840 bits per heavy atom. The standard InChI is InChI=1S/C67H83NO13/c1-4-7-8-9-13-20-27-52-28-42-61(68-51-52)53-29-35-56(36-30-53)74-44-21-14-11-10-12-15-26-49-79-67(73)60-50-59(80-65(71)54-31-37-57(38-32-54)75-45-22-16-18-24-47-77-63(69)5-2)41-43-62(60)81-66(72)55-33-39-58(40-34-55)76-46-23-17-19-25-48-78-64(70)6-3/h5-6,28-43,50-51H,2-4,7-27,44-49H2,1H3. The maximum atomic E-state index is 13.7. The average molecular weight is 1110 g/mol. The summed E-state index contributed by atoms with van der Waals surface area (Å²) < 4.78 is 44.9. The SMILES string of the molecule is C=CC(=O)OCCCCCCOc1ccc(C(=O)Oc2ccc(OC(=O)c3ccc(OCCCCCCOC(=O)C=C)cc3)c(C(=O)OCCCCCCCCCOc3ccc(-c4ccc(CCCCCCCC)cn4)cc3)c2)cc1. The first-order valence-electron chi connectivity index (χ1n) is 29.1. The highest BCUT2D eigenvalue weighted by molar-refractivity contribution is 5.97. The van der Waals surface area contributed by atoms with E-state index in [0.29, 0.717) is 51.0 Å². The number of hydrogen-bond acceptors (Lipinski definition) is 14. The van der Waals surface area contributed by atoms with Crippen molar-refractivity contribution < 1.29 is 61.9 Å². The van der Waals surface area contributed by atoms with Crippen molar-refractivity contribution in [2.24, 2.45) is 0 Å². The van der Waals surface area contributed by atoms with E-state index < -0.39 is 29.8 Å². The Balaban J connectivity index is 1.04. The second-order valence-electron chi connectivity index (χ2n) is 19.8. The van der Waals surface area contributed by atoms with E-state index in [2.05, 4.69) is 44.3 Å². The second kappa shape index (κ2) is 38.8. The lowest BCUT2D eigenvalue weighted by atomic mass is 10.1. The normalized spacial score (nSPS) is 10.8. The highest BCUT2D eigenvalue weighted by atomic mass is 16.6. The first-order chi connectivity index (χ1) is 39.6. The minimum absolute atomic E-state index is 0.0555. The van der Waals surface area contributed by atoms with Gasteiger partial charge in [0, 0.05) is 23.9 Å². The van der Waals surface area contributed by atoms with Crippen LogP contribution in [0.5, 0.6) is 28.7 Å². The van der Waals surface area contributed by atoms with Crippen LogP contribution in [0.15, 0.2) is 135 Å². The number of pyridine rings is 1. The van der Waals surface area contributed by atoms with Gasteiger partial charge in [-0.3, -0.25) is 4.98 Å². The minimum atomic E-state index is -0.728. The molecule has 0 spiro atoms. The van der Waals surface area contributed by atoms with Gasteiger partial charge < -0.3 is 37.9 Å². The van der Waals surface area contributed by atoms with Gasteiger partial charge in [0.2, 0.25) is 0 Å². The third-order valence-electron chi connectivity index (χ3n) is 13.3. The highest BCUT2D eigenvalue weighted by Crippen LogP contribution is 2.28. The molecule has 4 aromatic carbocycles. The van der Waals surface area contributed by atoms with Gasteiger partial charge in [0.05, 0.1) is 56.5 Å². The average Bonchev–Trinajstić information content (AvgIpc) is 3.56. The van der Waals surface area contributed by atoms with Gasteiger partial charge in [-0.15, -0.1) is 0 Å². The van der Waals surface area contributed by atoms with Crippen LogP contribution in [0.25, 0.3) is 11.3 Å². The summed E-state index contributed by atoms with van der Waals surface area (Å²) in [6, 6.07) is 29.7. The molecule has 1 heterocycles. The Kier molecular flexibility index (Phi) is 30.7. The van der Waals surface area contributed by atoms with Gasteiger partial charge in [-0.05, 0) is 180 Å². The van der Waals surface area contributed by atoms with E-state index in [-0.39, 0.29) is 34.8 Å². The molecule has 5 rings (SSSR count). The number of rotatable bonds is 42. The van der Waals surface area contributed by atoms with Crippen LogP contribution in [0, 0.1) is 0 Å². The molecule has 0 aliphatic rings. The molecular formula is C67H83NO13. The van der Waals surface area contributed by atoms with Crippen molar-refractivity contribution in [3.8, 4) is 40.0 Å². The van der Waals surface area contributed by atoms with Crippen LogP contribution < -0.4 is 23.7 Å². The molecule has 14 nitrogen and oxygen atoms in total. The number of aromatic nitrogens is 1. The fourth-order valence-corrected chi connectivity index (χ4v) is 8.57. The number of ether oxygens (including phenoxy) is 8. The topological polar surface area (TPSA) is 172 Å². The molecule has 0 saturated heterocycles. The molecule has 0 aliphatic heterocycles. The van der Waals surface area contributed by atoms with E-state index in [1.54, 1.807) is 48.5 Å². The van der Waals surface area contributed by atoms with Crippen molar-refractivity contribution in [3.05, 3.63) is 157 Å². The van der Waals surface area contributed by atoms with Crippen molar-refractivity contribution in [1.29, 1.82) is 0 Å².